The molecule has 4 rings (SSSR count). The van der Waals surface area contributed by atoms with Crippen LogP contribution in [0.5, 0.6) is 0 Å². The number of ketones is 1. The molecule has 0 atom stereocenters. The van der Waals surface area contributed by atoms with Crippen LogP contribution in [-0.4, -0.2) is 14.2 Å². The zero-order valence-corrected chi connectivity index (χ0v) is 13.7. The number of Topliss-reactive ketones (excluding diaryl/α,β-unsaturated/α-hetero) is 1. The first-order chi connectivity index (χ1) is 11.0. The number of hydrogen-bond donors (Lipinski definition) is 1. The first-order valence-corrected chi connectivity index (χ1v) is 9.56. The van der Waals surface area contributed by atoms with Gasteiger partial charge in [-0.15, -0.1) is 11.3 Å². The van der Waals surface area contributed by atoms with Crippen LogP contribution in [0.25, 0.3) is 11.0 Å². The maximum atomic E-state index is 12.3. The van der Waals surface area contributed by atoms with E-state index in [4.69, 9.17) is 4.42 Å². The number of carbonyl (C=O) groups excluding carboxylic acids is 1. The minimum atomic E-state index is -3.60. The van der Waals surface area contributed by atoms with E-state index < -0.39 is 10.0 Å². The van der Waals surface area contributed by atoms with Crippen molar-refractivity contribution in [1.82, 2.24) is 0 Å². The molecule has 0 amide bonds. The summed E-state index contributed by atoms with van der Waals surface area (Å²) in [7, 11) is -3.60. The van der Waals surface area contributed by atoms with Gasteiger partial charge in [-0.05, 0) is 36.1 Å². The van der Waals surface area contributed by atoms with E-state index in [0.717, 1.165) is 24.2 Å². The van der Waals surface area contributed by atoms with Crippen molar-refractivity contribution in [2.45, 2.75) is 23.5 Å². The SMILES string of the molecule is O=C1CCCc2oc3ccc(NS(=O)(=O)c4cccs4)cc3c21. The summed E-state index contributed by atoms with van der Waals surface area (Å²) >= 11 is 1.15. The van der Waals surface area contributed by atoms with E-state index in [-0.39, 0.29) is 9.99 Å². The van der Waals surface area contributed by atoms with Gasteiger partial charge in [0, 0.05) is 23.9 Å². The van der Waals surface area contributed by atoms with Gasteiger partial charge in [-0.3, -0.25) is 9.52 Å². The normalized spacial score (nSPS) is 14.9. The lowest BCUT2D eigenvalue weighted by molar-refractivity contribution is 0.0971. The Labute approximate surface area is 137 Å². The second-order valence-corrected chi connectivity index (χ2v) is 8.28. The number of carbonyl (C=O) groups is 1. The van der Waals surface area contributed by atoms with Gasteiger partial charge in [0.1, 0.15) is 15.6 Å². The Hall–Kier alpha value is -2.12. The lowest BCUT2D eigenvalue weighted by atomic mass is 9.94. The molecule has 5 nitrogen and oxygen atoms in total. The molecule has 2 aromatic heterocycles. The van der Waals surface area contributed by atoms with Crippen LogP contribution in [0.4, 0.5) is 5.69 Å². The monoisotopic (exact) mass is 347 g/mol. The molecule has 0 bridgehead atoms. The Balaban J connectivity index is 1.78. The molecule has 7 heteroatoms. The molecule has 0 radical (unpaired) electrons. The van der Waals surface area contributed by atoms with Crippen LogP contribution in [0.1, 0.15) is 29.0 Å². The van der Waals surface area contributed by atoms with Gasteiger partial charge in [0.05, 0.1) is 5.56 Å². The van der Waals surface area contributed by atoms with Gasteiger partial charge in [0.25, 0.3) is 10.0 Å². The van der Waals surface area contributed by atoms with Gasteiger partial charge >= 0.3 is 0 Å². The molecule has 23 heavy (non-hydrogen) atoms. The third kappa shape index (κ3) is 2.46. The average Bonchev–Trinajstić information content (AvgIpc) is 3.14. The number of fused-ring (bicyclic) bond motifs is 3. The van der Waals surface area contributed by atoms with Gasteiger partial charge in [-0.2, -0.15) is 0 Å². The Morgan fingerprint density at radius 3 is 2.83 bits per heavy atom. The number of hydrogen-bond acceptors (Lipinski definition) is 5. The second kappa shape index (κ2) is 5.21. The molecule has 2 heterocycles. The van der Waals surface area contributed by atoms with Crippen molar-refractivity contribution in [3.05, 3.63) is 47.0 Å². The fourth-order valence-corrected chi connectivity index (χ4v) is 4.89. The zero-order valence-electron chi connectivity index (χ0n) is 12.0. The van der Waals surface area contributed by atoms with Gasteiger partial charge in [0.2, 0.25) is 0 Å². The number of rotatable bonds is 3. The molecule has 1 aromatic carbocycles. The van der Waals surface area contributed by atoms with Crippen LogP contribution in [0.3, 0.4) is 0 Å². The lowest BCUT2D eigenvalue weighted by Crippen LogP contribution is -2.11. The predicted molar refractivity (Wildman–Crippen MR) is 88.6 cm³/mol. The van der Waals surface area contributed by atoms with Crippen molar-refractivity contribution in [3.63, 3.8) is 0 Å². The minimum absolute atomic E-state index is 0.0586. The zero-order chi connectivity index (χ0) is 16.0. The topological polar surface area (TPSA) is 76.4 Å². The van der Waals surface area contributed by atoms with Crippen molar-refractivity contribution in [1.29, 1.82) is 0 Å². The maximum Gasteiger partial charge on any atom is 0.271 e. The number of benzene rings is 1. The predicted octanol–water partition coefficient (Wildman–Crippen LogP) is 3.81. The first kappa shape index (κ1) is 14.5. The van der Waals surface area contributed by atoms with E-state index in [9.17, 15) is 13.2 Å². The molecule has 0 aliphatic heterocycles. The Kier molecular flexibility index (Phi) is 3.28. The number of furan rings is 1. The summed E-state index contributed by atoms with van der Waals surface area (Å²) in [6.45, 7) is 0. The van der Waals surface area contributed by atoms with E-state index >= 15 is 0 Å². The largest absolute Gasteiger partial charge is 0.460 e. The van der Waals surface area contributed by atoms with E-state index in [1.54, 1.807) is 35.7 Å². The highest BCUT2D eigenvalue weighted by atomic mass is 32.2. The van der Waals surface area contributed by atoms with Crippen molar-refractivity contribution >= 4 is 43.8 Å². The summed E-state index contributed by atoms with van der Waals surface area (Å²) < 4.78 is 33.1. The number of sulfonamides is 1. The quantitative estimate of drug-likeness (QED) is 0.781. The molecule has 0 saturated carbocycles. The van der Waals surface area contributed by atoms with E-state index in [0.29, 0.717) is 34.4 Å². The van der Waals surface area contributed by atoms with E-state index in [2.05, 4.69) is 4.72 Å². The molecule has 0 unspecified atom stereocenters. The molecule has 3 aromatic rings. The summed E-state index contributed by atoms with van der Waals surface area (Å²) in [5, 5.41) is 2.39. The van der Waals surface area contributed by atoms with Crippen LogP contribution in [-0.2, 0) is 16.4 Å². The summed E-state index contributed by atoms with van der Waals surface area (Å²) in [6.07, 6.45) is 2.04. The summed E-state index contributed by atoms with van der Waals surface area (Å²) in [4.78, 5) is 12.1. The number of thiophene rings is 1. The Morgan fingerprint density at radius 2 is 2.04 bits per heavy atom. The highest BCUT2D eigenvalue weighted by Gasteiger charge is 2.25. The maximum absolute atomic E-state index is 12.3. The van der Waals surface area contributed by atoms with Gasteiger partial charge in [-0.1, -0.05) is 6.07 Å². The Morgan fingerprint density at radius 1 is 1.17 bits per heavy atom. The van der Waals surface area contributed by atoms with Gasteiger partial charge < -0.3 is 4.42 Å². The third-order valence-corrected chi connectivity index (χ3v) is 6.64. The van der Waals surface area contributed by atoms with Gasteiger partial charge in [-0.25, -0.2) is 8.42 Å². The molecule has 0 saturated heterocycles. The summed E-state index contributed by atoms with van der Waals surface area (Å²) in [5.74, 6) is 0.762. The minimum Gasteiger partial charge on any atom is -0.460 e. The number of anilines is 1. The van der Waals surface area contributed by atoms with Crippen molar-refractivity contribution < 1.29 is 17.6 Å². The molecular weight excluding hydrogens is 334 g/mol. The molecule has 1 aliphatic rings. The van der Waals surface area contributed by atoms with E-state index in [1.807, 2.05) is 0 Å². The van der Waals surface area contributed by atoms with Gasteiger partial charge in [0.15, 0.2) is 5.78 Å². The standard InChI is InChI=1S/C16H13NO4S2/c18-12-3-1-4-14-16(12)11-9-10(6-7-13(11)21-14)17-23(19,20)15-5-2-8-22-15/h2,5-9,17H,1,3-4H2. The van der Waals surface area contributed by atoms with Crippen molar-refractivity contribution in [2.75, 3.05) is 4.72 Å². The first-order valence-electron chi connectivity index (χ1n) is 7.19. The average molecular weight is 347 g/mol. The van der Waals surface area contributed by atoms with Crippen molar-refractivity contribution in [3.8, 4) is 0 Å². The van der Waals surface area contributed by atoms with Crippen LogP contribution in [0.15, 0.2) is 44.3 Å². The molecule has 0 fully saturated rings. The van der Waals surface area contributed by atoms with Crippen molar-refractivity contribution in [2.24, 2.45) is 0 Å². The van der Waals surface area contributed by atoms with Crippen LogP contribution < -0.4 is 4.72 Å². The lowest BCUT2D eigenvalue weighted by Gasteiger charge is -2.08. The molecule has 118 valence electrons. The fraction of sp³-hybridized carbons (Fsp3) is 0.188. The molecule has 1 aliphatic carbocycles. The smallest absolute Gasteiger partial charge is 0.271 e. The van der Waals surface area contributed by atoms with Crippen LogP contribution in [0.2, 0.25) is 0 Å². The molecular formula is C16H13NO4S2. The van der Waals surface area contributed by atoms with E-state index in [1.165, 1.54) is 0 Å². The second-order valence-electron chi connectivity index (χ2n) is 5.43. The summed E-state index contributed by atoms with van der Waals surface area (Å²) in [5.41, 5.74) is 1.64. The van der Waals surface area contributed by atoms with Crippen LogP contribution in [0, 0.1) is 0 Å². The molecule has 1 N–H and O–H groups in total. The summed E-state index contributed by atoms with van der Waals surface area (Å²) in [6, 6.07) is 8.26. The van der Waals surface area contributed by atoms with Crippen LogP contribution >= 0.6 is 11.3 Å². The number of aryl methyl sites for hydroxylation is 1. The third-order valence-electron chi connectivity index (χ3n) is 3.86. The fourth-order valence-electron chi connectivity index (χ4n) is 2.85. The molecule has 0 spiro atoms. The highest BCUT2D eigenvalue weighted by molar-refractivity contribution is 7.94. The Bertz CT molecular complexity index is 1000. The highest BCUT2D eigenvalue weighted by Crippen LogP contribution is 2.34. The number of nitrogens with one attached hydrogen (secondary N) is 1.